The van der Waals surface area contributed by atoms with E-state index in [-0.39, 0.29) is 5.41 Å². The summed E-state index contributed by atoms with van der Waals surface area (Å²) in [6.07, 6.45) is 0. The molecule has 0 unspecified atom stereocenters. The maximum absolute atomic E-state index is 7.18. The van der Waals surface area contributed by atoms with Gasteiger partial charge in [0.05, 0.1) is 21.9 Å². The second-order valence-corrected chi connectivity index (χ2v) is 30.4. The van der Waals surface area contributed by atoms with E-state index in [9.17, 15) is 0 Å². The molecule has 6 aliphatic rings. The summed E-state index contributed by atoms with van der Waals surface area (Å²) in [6.45, 7) is 9.83. The standard InChI is InChI=1S/C98H62N2O2/c1-95(2)72-34-16-12-31-65(72)91-93(95)92-89(90-68-33-15-23-41-85(68)102-94(90)91)66-46-43-57(51-78(66)96(92,3)4)99(56-44-48-83-70(50-56)64-30-13-21-39-82(64)100(83)55-24-6-5-7-25-55)58-42-45-63-69-53-81-71(54-80(69)98(79(63)52-58)75-37-19-10-28-61(75)62-29-11-20-38-76(62)98)87-77(47-49-86-88(87)67-32-14-22-40-84(67)101-86)97(81)73-35-17-8-26-59(73)60-27-9-18-36-74(60)97/h5-54H,1-4H3. The lowest BCUT2D eigenvalue weighted by molar-refractivity contribution is 0.600. The number of aromatic nitrogens is 1. The molecular formula is C98H62N2O2. The molecule has 102 heavy (non-hydrogen) atoms. The van der Waals surface area contributed by atoms with Gasteiger partial charge in [-0.1, -0.05) is 240 Å². The van der Waals surface area contributed by atoms with Gasteiger partial charge in [-0.25, -0.2) is 0 Å². The van der Waals surface area contributed by atoms with Gasteiger partial charge in [0.1, 0.15) is 22.3 Å². The average molecular weight is 1300 g/mol. The number of furan rings is 2. The van der Waals surface area contributed by atoms with E-state index in [1.54, 1.807) is 0 Å². The minimum Gasteiger partial charge on any atom is -0.456 e. The van der Waals surface area contributed by atoms with Crippen LogP contribution in [0.25, 0.3) is 138 Å². The third-order valence-electron chi connectivity index (χ3n) is 25.1. The fourth-order valence-electron chi connectivity index (χ4n) is 21.3. The first kappa shape index (κ1) is 55.4. The van der Waals surface area contributed by atoms with Crippen LogP contribution < -0.4 is 4.90 Å². The molecular weight excluding hydrogens is 1240 g/mol. The Morgan fingerprint density at radius 3 is 1.39 bits per heavy atom. The summed E-state index contributed by atoms with van der Waals surface area (Å²) in [5.74, 6) is 0. The van der Waals surface area contributed by atoms with Crippen molar-refractivity contribution < 1.29 is 8.83 Å². The van der Waals surface area contributed by atoms with Crippen molar-refractivity contribution in [3.8, 4) is 72.4 Å². The molecule has 0 aliphatic heterocycles. The van der Waals surface area contributed by atoms with Gasteiger partial charge in [-0.05, 0) is 219 Å². The lowest BCUT2D eigenvalue weighted by Crippen LogP contribution is -2.27. The summed E-state index contributed by atoms with van der Waals surface area (Å²) in [5.41, 5.74) is 39.4. The fraction of sp³-hybridized carbons (Fsp3) is 0.0816. The van der Waals surface area contributed by atoms with E-state index in [0.29, 0.717) is 0 Å². The molecule has 0 radical (unpaired) electrons. The highest BCUT2D eigenvalue weighted by atomic mass is 16.3. The van der Waals surface area contributed by atoms with Crippen molar-refractivity contribution in [1.29, 1.82) is 0 Å². The molecule has 0 amide bonds. The Morgan fingerprint density at radius 1 is 0.265 bits per heavy atom. The van der Waals surface area contributed by atoms with E-state index < -0.39 is 16.2 Å². The molecule has 0 saturated carbocycles. The highest BCUT2D eigenvalue weighted by Gasteiger charge is 2.57. The molecule has 2 spiro atoms. The number of fused-ring (bicyclic) bond motifs is 39. The van der Waals surface area contributed by atoms with Crippen LogP contribution in [-0.4, -0.2) is 4.57 Å². The van der Waals surface area contributed by atoms with Gasteiger partial charge in [-0.15, -0.1) is 0 Å². The summed E-state index contributed by atoms with van der Waals surface area (Å²) >= 11 is 0. The maximum Gasteiger partial charge on any atom is 0.144 e. The molecule has 476 valence electrons. The second-order valence-electron chi connectivity index (χ2n) is 30.4. The van der Waals surface area contributed by atoms with Crippen LogP contribution in [0.5, 0.6) is 0 Å². The summed E-state index contributed by atoms with van der Waals surface area (Å²) in [6, 6.07) is 115. The van der Waals surface area contributed by atoms with E-state index in [4.69, 9.17) is 8.83 Å². The number of anilines is 3. The van der Waals surface area contributed by atoms with Crippen LogP contribution in [0.1, 0.15) is 94.5 Å². The average Bonchev–Trinajstić information content (AvgIpc) is 1.49. The van der Waals surface area contributed by atoms with Gasteiger partial charge in [0.15, 0.2) is 0 Å². The molecule has 0 atom stereocenters. The highest BCUT2D eigenvalue weighted by Crippen LogP contribution is 2.70. The topological polar surface area (TPSA) is 34.5 Å². The summed E-state index contributed by atoms with van der Waals surface area (Å²) < 4.78 is 16.5. The summed E-state index contributed by atoms with van der Waals surface area (Å²) in [5, 5.41) is 7.06. The van der Waals surface area contributed by atoms with E-state index >= 15 is 0 Å². The summed E-state index contributed by atoms with van der Waals surface area (Å²) in [7, 11) is 0. The monoisotopic (exact) mass is 1300 g/mol. The fourth-order valence-corrected chi connectivity index (χ4v) is 21.3. The Morgan fingerprint density at radius 2 is 0.716 bits per heavy atom. The predicted octanol–water partition coefficient (Wildman–Crippen LogP) is 25.4. The number of hydrogen-bond donors (Lipinski definition) is 0. The number of benzene rings is 15. The van der Waals surface area contributed by atoms with Crippen molar-refractivity contribution in [3.63, 3.8) is 0 Å². The lowest BCUT2D eigenvalue weighted by Gasteiger charge is -2.33. The van der Waals surface area contributed by atoms with Crippen LogP contribution in [0.3, 0.4) is 0 Å². The molecule has 3 aromatic heterocycles. The van der Waals surface area contributed by atoms with E-state index in [1.807, 2.05) is 0 Å². The van der Waals surface area contributed by atoms with Gasteiger partial charge >= 0.3 is 0 Å². The van der Waals surface area contributed by atoms with Crippen molar-refractivity contribution in [2.45, 2.75) is 49.4 Å². The van der Waals surface area contributed by atoms with Gasteiger partial charge in [0.2, 0.25) is 0 Å². The Labute approximate surface area is 589 Å². The maximum atomic E-state index is 7.18. The van der Waals surface area contributed by atoms with Crippen molar-refractivity contribution in [2.24, 2.45) is 0 Å². The third kappa shape index (κ3) is 6.41. The minimum absolute atomic E-state index is 0.294. The molecule has 3 heterocycles. The van der Waals surface area contributed by atoms with Crippen LogP contribution >= 0.6 is 0 Å². The Hall–Kier alpha value is -12.5. The molecule has 18 aromatic rings. The van der Waals surface area contributed by atoms with Gasteiger partial charge in [-0.3, -0.25) is 0 Å². The van der Waals surface area contributed by atoms with Crippen LogP contribution in [-0.2, 0) is 21.7 Å². The van der Waals surface area contributed by atoms with Crippen molar-refractivity contribution in [3.05, 3.63) is 370 Å². The molecule has 0 bridgehead atoms. The van der Waals surface area contributed by atoms with Gasteiger partial charge in [0.25, 0.3) is 0 Å². The third-order valence-corrected chi connectivity index (χ3v) is 25.1. The first-order valence-electron chi connectivity index (χ1n) is 36.0. The van der Waals surface area contributed by atoms with Gasteiger partial charge < -0.3 is 18.3 Å². The highest BCUT2D eigenvalue weighted by molar-refractivity contribution is 6.22. The van der Waals surface area contributed by atoms with Gasteiger partial charge in [0, 0.05) is 71.5 Å². The first-order valence-corrected chi connectivity index (χ1v) is 36.0. The molecule has 24 rings (SSSR count). The Kier molecular flexibility index (Phi) is 10.2. The van der Waals surface area contributed by atoms with E-state index in [1.165, 1.54) is 161 Å². The lowest BCUT2D eigenvalue weighted by atomic mass is 9.68. The first-order chi connectivity index (χ1) is 50.1. The minimum atomic E-state index is -0.722. The molecule has 4 heteroatoms. The number of rotatable bonds is 4. The molecule has 6 aliphatic carbocycles. The molecule has 4 nitrogen and oxygen atoms in total. The van der Waals surface area contributed by atoms with Crippen LogP contribution in [0, 0.1) is 0 Å². The van der Waals surface area contributed by atoms with Crippen molar-refractivity contribution >= 4 is 82.7 Å². The zero-order chi connectivity index (χ0) is 67.0. The number of para-hydroxylation sites is 4. The second kappa shape index (κ2) is 18.9. The van der Waals surface area contributed by atoms with Crippen molar-refractivity contribution in [1.82, 2.24) is 4.57 Å². The zero-order valence-corrected chi connectivity index (χ0v) is 56.6. The van der Waals surface area contributed by atoms with Crippen LogP contribution in [0.2, 0.25) is 0 Å². The summed E-state index contributed by atoms with van der Waals surface area (Å²) in [4.78, 5) is 2.59. The number of nitrogens with zero attached hydrogens (tertiary/aromatic N) is 2. The Balaban J connectivity index is 0.793. The number of hydrogen-bond acceptors (Lipinski definition) is 3. The van der Waals surface area contributed by atoms with Crippen LogP contribution in [0.4, 0.5) is 17.1 Å². The largest absolute Gasteiger partial charge is 0.456 e. The smallest absolute Gasteiger partial charge is 0.144 e. The molecule has 0 fully saturated rings. The van der Waals surface area contributed by atoms with Crippen molar-refractivity contribution in [2.75, 3.05) is 4.90 Å². The predicted molar refractivity (Wildman–Crippen MR) is 418 cm³/mol. The molecule has 15 aromatic carbocycles. The van der Waals surface area contributed by atoms with E-state index in [0.717, 1.165) is 61.4 Å². The van der Waals surface area contributed by atoms with Crippen LogP contribution in [0.15, 0.2) is 312 Å². The van der Waals surface area contributed by atoms with Gasteiger partial charge in [-0.2, -0.15) is 0 Å². The normalized spacial score (nSPS) is 15.4. The zero-order valence-electron chi connectivity index (χ0n) is 56.6. The quantitative estimate of drug-likeness (QED) is 0.176. The Bertz CT molecular complexity index is 6810. The van der Waals surface area contributed by atoms with E-state index in [2.05, 4.69) is 340 Å². The SMILES string of the molecule is CC1(C)c2ccccc2-c2c1c1c(c3c2oc2ccccc23)-c2ccc(N(c3ccc4c(c3)C3(c5ccccc5-c5ccccc53)c3cc5c(cc3-4)C3(c4ccccc4-c4ccccc43)c3ccc4oc6ccccc6c4c3-5)c3ccc4c(c3)c3ccccc3n4-c3ccccc3)cc2C1(C)C. The molecule has 0 saturated heterocycles. The molecule has 0 N–H and O–H groups in total.